The Labute approximate surface area is 163 Å². The molecule has 0 aliphatic heterocycles. The summed E-state index contributed by atoms with van der Waals surface area (Å²) in [4.78, 5) is 0. The van der Waals surface area contributed by atoms with Gasteiger partial charge in [-0.2, -0.15) is 0 Å². The molecule has 0 heterocycles. The van der Waals surface area contributed by atoms with Gasteiger partial charge >= 0.3 is 0 Å². The Bertz CT molecular complexity index is 799. The molecule has 0 aromatic heterocycles. The minimum Gasteiger partial charge on any atom is -0.508 e. The summed E-state index contributed by atoms with van der Waals surface area (Å²) in [6.07, 6.45) is 6.10. The van der Waals surface area contributed by atoms with E-state index in [1.807, 2.05) is 65.0 Å². The molecule has 1 unspecified atom stereocenters. The number of aliphatic hydroxyl groups is 1. The summed E-state index contributed by atoms with van der Waals surface area (Å²) < 4.78 is 0. The van der Waals surface area contributed by atoms with Crippen LogP contribution < -0.4 is 0 Å². The molecule has 0 amide bonds. The molecule has 0 aliphatic rings. The zero-order chi connectivity index (χ0) is 20.7. The quantitative estimate of drug-likeness (QED) is 0.616. The Morgan fingerprint density at radius 1 is 0.889 bits per heavy atom. The second-order valence-corrected chi connectivity index (χ2v) is 6.89. The van der Waals surface area contributed by atoms with Crippen LogP contribution in [0.5, 0.6) is 11.5 Å². The van der Waals surface area contributed by atoms with Gasteiger partial charge < -0.3 is 15.3 Å². The molecule has 3 N–H and O–H groups in total. The number of benzene rings is 2. The predicted molar refractivity (Wildman–Crippen MR) is 114 cm³/mol. The average Bonchev–Trinajstić information content (AvgIpc) is 2.61. The molecule has 146 valence electrons. The first-order chi connectivity index (χ1) is 12.8. The van der Waals surface area contributed by atoms with E-state index in [9.17, 15) is 10.2 Å². The van der Waals surface area contributed by atoms with Crippen molar-refractivity contribution in [2.24, 2.45) is 0 Å². The smallest absolute Gasteiger partial charge is 0.121 e. The topological polar surface area (TPSA) is 60.7 Å². The standard InChI is InChI=1S/C23H28O2.CH4O/c1-7-8-9-15(3)21(19-12-17(5)23(25)18(6)13-19)22-16(4)10-14(2)11-20(22)24;1-2/h7-13,21,24-25H,1-6H3;2H,1H3/b8-7-,15-9+;. The highest BCUT2D eigenvalue weighted by Gasteiger charge is 2.23. The van der Waals surface area contributed by atoms with Gasteiger partial charge in [0.15, 0.2) is 0 Å². The van der Waals surface area contributed by atoms with Crippen molar-refractivity contribution in [2.45, 2.75) is 47.5 Å². The van der Waals surface area contributed by atoms with Crippen LogP contribution in [0, 0.1) is 27.7 Å². The second kappa shape index (κ2) is 9.98. The Morgan fingerprint density at radius 2 is 1.44 bits per heavy atom. The van der Waals surface area contributed by atoms with E-state index in [2.05, 4.69) is 19.1 Å². The third-order valence-corrected chi connectivity index (χ3v) is 4.65. The molecular weight excluding hydrogens is 336 g/mol. The largest absolute Gasteiger partial charge is 0.508 e. The van der Waals surface area contributed by atoms with Crippen molar-refractivity contribution in [3.05, 3.63) is 81.4 Å². The maximum atomic E-state index is 10.7. The number of allylic oxidation sites excluding steroid dienone is 4. The van der Waals surface area contributed by atoms with Gasteiger partial charge in [-0.1, -0.05) is 42.0 Å². The molecule has 0 spiro atoms. The SMILES string of the molecule is C/C=C\C=C(/C)C(c1cc(C)c(O)c(C)c1)c1c(C)cc(C)cc1O.CO. The molecular formula is C24H32O3. The Morgan fingerprint density at radius 3 is 1.93 bits per heavy atom. The summed E-state index contributed by atoms with van der Waals surface area (Å²) in [6.45, 7) is 11.9. The van der Waals surface area contributed by atoms with Crippen LogP contribution in [0.25, 0.3) is 0 Å². The van der Waals surface area contributed by atoms with Crippen LogP contribution in [0.4, 0.5) is 0 Å². The predicted octanol–water partition coefficient (Wildman–Crippen LogP) is 5.59. The van der Waals surface area contributed by atoms with E-state index >= 15 is 0 Å². The van der Waals surface area contributed by atoms with E-state index < -0.39 is 0 Å². The molecule has 0 bridgehead atoms. The first kappa shape index (κ1) is 22.5. The van der Waals surface area contributed by atoms with Crippen molar-refractivity contribution in [3.8, 4) is 11.5 Å². The normalized spacial score (nSPS) is 12.7. The number of aryl methyl sites for hydroxylation is 4. The minimum absolute atomic E-state index is 0.0604. The highest BCUT2D eigenvalue weighted by Crippen LogP contribution is 2.41. The lowest BCUT2D eigenvalue weighted by Crippen LogP contribution is -2.07. The second-order valence-electron chi connectivity index (χ2n) is 6.89. The lowest BCUT2D eigenvalue weighted by molar-refractivity contribution is 0.399. The first-order valence-electron chi connectivity index (χ1n) is 9.10. The molecule has 3 nitrogen and oxygen atoms in total. The van der Waals surface area contributed by atoms with Gasteiger partial charge in [0, 0.05) is 18.6 Å². The molecule has 2 aromatic rings. The third-order valence-electron chi connectivity index (χ3n) is 4.65. The van der Waals surface area contributed by atoms with Crippen molar-refractivity contribution >= 4 is 0 Å². The summed E-state index contributed by atoms with van der Waals surface area (Å²) in [5.74, 6) is 0.594. The fraction of sp³-hybridized carbons (Fsp3) is 0.333. The number of hydrogen-bond acceptors (Lipinski definition) is 3. The van der Waals surface area contributed by atoms with Crippen LogP contribution in [0.1, 0.15) is 53.1 Å². The van der Waals surface area contributed by atoms with Gasteiger partial charge in [0.2, 0.25) is 0 Å². The Balaban J connectivity index is 0.00000176. The zero-order valence-electron chi connectivity index (χ0n) is 17.5. The van der Waals surface area contributed by atoms with Crippen molar-refractivity contribution in [3.63, 3.8) is 0 Å². The van der Waals surface area contributed by atoms with Crippen LogP contribution in [0.2, 0.25) is 0 Å². The van der Waals surface area contributed by atoms with E-state index in [4.69, 9.17) is 5.11 Å². The summed E-state index contributed by atoms with van der Waals surface area (Å²) in [5, 5.41) is 27.8. The highest BCUT2D eigenvalue weighted by molar-refractivity contribution is 5.55. The average molecular weight is 369 g/mol. The van der Waals surface area contributed by atoms with E-state index in [0.717, 1.165) is 46.1 Å². The summed E-state index contributed by atoms with van der Waals surface area (Å²) >= 11 is 0. The van der Waals surface area contributed by atoms with Gasteiger partial charge in [0.25, 0.3) is 0 Å². The van der Waals surface area contributed by atoms with Crippen LogP contribution in [0.15, 0.2) is 48.1 Å². The highest BCUT2D eigenvalue weighted by atomic mass is 16.3. The van der Waals surface area contributed by atoms with Crippen molar-refractivity contribution < 1.29 is 15.3 Å². The van der Waals surface area contributed by atoms with Crippen LogP contribution in [-0.2, 0) is 0 Å². The fourth-order valence-electron chi connectivity index (χ4n) is 3.49. The molecule has 0 saturated carbocycles. The Kier molecular flexibility index (Phi) is 8.32. The zero-order valence-corrected chi connectivity index (χ0v) is 17.5. The minimum atomic E-state index is -0.0604. The molecule has 3 heteroatoms. The third kappa shape index (κ3) is 5.24. The van der Waals surface area contributed by atoms with Crippen LogP contribution in [0.3, 0.4) is 0 Å². The van der Waals surface area contributed by atoms with Gasteiger partial charge in [0.05, 0.1) is 0 Å². The van der Waals surface area contributed by atoms with Crippen molar-refractivity contribution in [1.29, 1.82) is 0 Å². The number of aromatic hydroxyl groups is 2. The summed E-state index contributed by atoms with van der Waals surface area (Å²) in [5.41, 5.74) is 6.96. The number of phenols is 2. The molecule has 0 aliphatic carbocycles. The van der Waals surface area contributed by atoms with Crippen LogP contribution >= 0.6 is 0 Å². The maximum absolute atomic E-state index is 10.7. The monoisotopic (exact) mass is 368 g/mol. The van der Waals surface area contributed by atoms with Crippen LogP contribution in [-0.4, -0.2) is 22.4 Å². The van der Waals surface area contributed by atoms with Gasteiger partial charge in [-0.15, -0.1) is 0 Å². The van der Waals surface area contributed by atoms with E-state index in [1.54, 1.807) is 0 Å². The summed E-state index contributed by atoms with van der Waals surface area (Å²) in [6, 6.07) is 7.95. The molecule has 1 atom stereocenters. The molecule has 2 aromatic carbocycles. The van der Waals surface area contributed by atoms with Gasteiger partial charge in [-0.25, -0.2) is 0 Å². The van der Waals surface area contributed by atoms with Gasteiger partial charge in [-0.05, 0) is 75.4 Å². The maximum Gasteiger partial charge on any atom is 0.121 e. The fourth-order valence-corrected chi connectivity index (χ4v) is 3.49. The van der Waals surface area contributed by atoms with Crippen molar-refractivity contribution in [2.75, 3.05) is 7.11 Å². The van der Waals surface area contributed by atoms with E-state index in [0.29, 0.717) is 11.5 Å². The number of hydrogen-bond donors (Lipinski definition) is 3. The van der Waals surface area contributed by atoms with Crippen molar-refractivity contribution in [1.82, 2.24) is 0 Å². The molecule has 0 radical (unpaired) electrons. The number of phenolic OH excluding ortho intramolecular Hbond substituents is 2. The first-order valence-corrected chi connectivity index (χ1v) is 9.10. The molecule has 27 heavy (non-hydrogen) atoms. The lowest BCUT2D eigenvalue weighted by atomic mass is 9.81. The molecule has 0 fully saturated rings. The van der Waals surface area contributed by atoms with E-state index in [1.165, 1.54) is 0 Å². The Hall–Kier alpha value is -2.52. The lowest BCUT2D eigenvalue weighted by Gasteiger charge is -2.24. The summed E-state index contributed by atoms with van der Waals surface area (Å²) in [7, 11) is 1.00. The number of rotatable bonds is 4. The number of aliphatic hydroxyl groups excluding tert-OH is 1. The molecule has 0 saturated heterocycles. The molecule has 2 rings (SSSR count). The van der Waals surface area contributed by atoms with Gasteiger partial charge in [-0.3, -0.25) is 0 Å². The van der Waals surface area contributed by atoms with E-state index in [-0.39, 0.29) is 5.92 Å². The van der Waals surface area contributed by atoms with Gasteiger partial charge in [0.1, 0.15) is 11.5 Å².